The second-order valence-corrected chi connectivity index (χ2v) is 9.51. The molecule has 41 heavy (non-hydrogen) atoms. The highest BCUT2D eigenvalue weighted by atomic mass is 16.5. The van der Waals surface area contributed by atoms with E-state index in [0.29, 0.717) is 43.3 Å². The van der Waals surface area contributed by atoms with Crippen molar-refractivity contribution >= 4 is 28.5 Å². The van der Waals surface area contributed by atoms with Gasteiger partial charge in [-0.2, -0.15) is 0 Å². The van der Waals surface area contributed by atoms with Gasteiger partial charge < -0.3 is 34.3 Å². The van der Waals surface area contributed by atoms with Crippen LogP contribution in [0, 0.1) is 0 Å². The van der Waals surface area contributed by atoms with Crippen LogP contribution in [0.15, 0.2) is 79.0 Å². The van der Waals surface area contributed by atoms with Gasteiger partial charge in [-0.25, -0.2) is 4.79 Å². The first-order valence-electron chi connectivity index (χ1n) is 13.7. The zero-order valence-electron chi connectivity index (χ0n) is 23.9. The number of methoxy groups -OCH3 is 2. The number of nitrogens with zero attached hydrogens (tertiary/aromatic N) is 2. The molecule has 0 radical (unpaired) electrons. The number of carbonyl (C=O) groups excluding carboxylic acids is 2. The van der Waals surface area contributed by atoms with E-state index in [1.165, 1.54) is 4.90 Å². The third-order valence-corrected chi connectivity index (χ3v) is 6.84. The number of nitrogens with one attached hydrogen (secondary N) is 2. The summed E-state index contributed by atoms with van der Waals surface area (Å²) in [5.74, 6) is 1.09. The van der Waals surface area contributed by atoms with Crippen molar-refractivity contribution in [3.8, 4) is 11.5 Å². The highest BCUT2D eigenvalue weighted by molar-refractivity contribution is 5.93. The molecule has 0 unspecified atom stereocenters. The van der Waals surface area contributed by atoms with Gasteiger partial charge in [-0.3, -0.25) is 4.79 Å². The molecule has 0 spiro atoms. The lowest BCUT2D eigenvalue weighted by Gasteiger charge is -2.28. The number of aromatic amines is 1. The summed E-state index contributed by atoms with van der Waals surface area (Å²) in [5, 5.41) is 4.03. The van der Waals surface area contributed by atoms with Gasteiger partial charge in [0.05, 0.1) is 26.0 Å². The first-order chi connectivity index (χ1) is 20.0. The Kier molecular flexibility index (Phi) is 10.6. The van der Waals surface area contributed by atoms with Crippen molar-refractivity contribution in [1.82, 2.24) is 14.8 Å². The SMILES string of the molecule is CCOc1ccccc1NC(=O)N(CCOC)CC(=O)N(CCc1c[nH]c2ccccc12)Cc1ccccc1OC. The van der Waals surface area contributed by atoms with E-state index in [-0.39, 0.29) is 25.6 Å². The molecule has 1 heterocycles. The molecule has 3 aromatic carbocycles. The second kappa shape index (κ2) is 14.8. The minimum atomic E-state index is -0.406. The van der Waals surface area contributed by atoms with Crippen molar-refractivity contribution in [3.63, 3.8) is 0 Å². The summed E-state index contributed by atoms with van der Waals surface area (Å²) < 4.78 is 16.5. The van der Waals surface area contributed by atoms with Crippen molar-refractivity contribution < 1.29 is 23.8 Å². The molecule has 0 saturated heterocycles. The van der Waals surface area contributed by atoms with Crippen LogP contribution in [0.5, 0.6) is 11.5 Å². The van der Waals surface area contributed by atoms with Crippen LogP contribution in [0.2, 0.25) is 0 Å². The maximum absolute atomic E-state index is 13.9. The number of aromatic nitrogens is 1. The Labute approximate surface area is 241 Å². The molecular weight excluding hydrogens is 520 g/mol. The Bertz CT molecular complexity index is 1440. The molecule has 0 fully saturated rings. The van der Waals surface area contributed by atoms with E-state index in [9.17, 15) is 9.59 Å². The lowest BCUT2D eigenvalue weighted by molar-refractivity contribution is -0.132. The largest absolute Gasteiger partial charge is 0.496 e. The maximum atomic E-state index is 13.9. The molecule has 4 aromatic rings. The van der Waals surface area contributed by atoms with E-state index in [4.69, 9.17) is 14.2 Å². The van der Waals surface area contributed by atoms with Gasteiger partial charge in [0.2, 0.25) is 5.91 Å². The maximum Gasteiger partial charge on any atom is 0.322 e. The Morgan fingerprint density at radius 3 is 2.37 bits per heavy atom. The monoisotopic (exact) mass is 558 g/mol. The number of urea groups is 1. The zero-order chi connectivity index (χ0) is 29.0. The molecule has 4 rings (SSSR count). The highest BCUT2D eigenvalue weighted by Gasteiger charge is 2.23. The number of rotatable bonds is 14. The molecule has 0 bridgehead atoms. The number of amides is 3. The number of fused-ring (bicyclic) bond motifs is 1. The number of benzene rings is 3. The van der Waals surface area contributed by atoms with Crippen LogP contribution in [0.25, 0.3) is 10.9 Å². The summed E-state index contributed by atoms with van der Waals surface area (Å²) in [5.41, 5.74) is 3.61. The van der Waals surface area contributed by atoms with Crippen molar-refractivity contribution in [1.29, 1.82) is 0 Å². The number of hydrogen-bond donors (Lipinski definition) is 2. The second-order valence-electron chi connectivity index (χ2n) is 9.51. The van der Waals surface area contributed by atoms with Gasteiger partial charge in [0.25, 0.3) is 0 Å². The standard InChI is InChI=1S/C32H38N4O5/c1-4-41-30-16-10-8-14-28(30)34-32(38)36(19-20-39-2)23-31(37)35(22-25-11-5-9-15-29(25)40-3)18-17-24-21-33-27-13-7-6-12-26(24)27/h5-16,21,33H,4,17-20,22-23H2,1-3H3,(H,34,38). The summed E-state index contributed by atoms with van der Waals surface area (Å²) in [6.45, 7) is 3.58. The number of carbonyl (C=O) groups is 2. The molecule has 2 N–H and O–H groups in total. The Morgan fingerprint density at radius 2 is 1.59 bits per heavy atom. The number of para-hydroxylation sites is 4. The van der Waals surface area contributed by atoms with Gasteiger partial charge in [0.15, 0.2) is 0 Å². The minimum absolute atomic E-state index is 0.116. The first-order valence-corrected chi connectivity index (χ1v) is 13.7. The molecule has 9 nitrogen and oxygen atoms in total. The van der Waals surface area contributed by atoms with E-state index in [1.54, 1.807) is 31.3 Å². The Morgan fingerprint density at radius 1 is 0.854 bits per heavy atom. The smallest absolute Gasteiger partial charge is 0.322 e. The van der Waals surface area contributed by atoms with Crippen molar-refractivity contribution in [2.24, 2.45) is 0 Å². The zero-order valence-corrected chi connectivity index (χ0v) is 23.9. The predicted molar refractivity (Wildman–Crippen MR) is 160 cm³/mol. The molecule has 0 aliphatic rings. The van der Waals surface area contributed by atoms with Crippen LogP contribution >= 0.6 is 0 Å². The van der Waals surface area contributed by atoms with E-state index >= 15 is 0 Å². The van der Waals surface area contributed by atoms with Gasteiger partial charge >= 0.3 is 6.03 Å². The lowest BCUT2D eigenvalue weighted by atomic mass is 10.1. The number of hydrogen-bond acceptors (Lipinski definition) is 5. The van der Waals surface area contributed by atoms with Gasteiger partial charge in [-0.05, 0) is 43.2 Å². The van der Waals surface area contributed by atoms with E-state index in [1.807, 2.05) is 67.7 Å². The number of H-pyrrole nitrogens is 1. The van der Waals surface area contributed by atoms with E-state index < -0.39 is 6.03 Å². The molecule has 0 aliphatic carbocycles. The minimum Gasteiger partial charge on any atom is -0.496 e. The molecule has 9 heteroatoms. The van der Waals surface area contributed by atoms with E-state index in [0.717, 1.165) is 22.0 Å². The van der Waals surface area contributed by atoms with Crippen molar-refractivity contribution in [2.45, 2.75) is 19.9 Å². The predicted octanol–water partition coefficient (Wildman–Crippen LogP) is 5.33. The highest BCUT2D eigenvalue weighted by Crippen LogP contribution is 2.25. The van der Waals surface area contributed by atoms with Crippen molar-refractivity contribution in [2.75, 3.05) is 52.4 Å². The molecule has 1 aromatic heterocycles. The normalized spacial score (nSPS) is 10.8. The summed E-state index contributed by atoms with van der Waals surface area (Å²) in [7, 11) is 3.19. The molecule has 0 atom stereocenters. The molecule has 3 amide bonds. The van der Waals surface area contributed by atoms with Gasteiger partial charge in [0.1, 0.15) is 18.0 Å². The number of anilines is 1. The van der Waals surface area contributed by atoms with E-state index in [2.05, 4.69) is 16.4 Å². The van der Waals surface area contributed by atoms with Gasteiger partial charge in [-0.15, -0.1) is 0 Å². The molecular formula is C32H38N4O5. The average Bonchev–Trinajstić information content (AvgIpc) is 3.41. The first kappa shape index (κ1) is 29.5. The quantitative estimate of drug-likeness (QED) is 0.218. The number of ether oxygens (including phenoxy) is 3. The average molecular weight is 559 g/mol. The Hall–Kier alpha value is -4.50. The fourth-order valence-corrected chi connectivity index (χ4v) is 4.69. The molecule has 216 valence electrons. The van der Waals surface area contributed by atoms with Crippen LogP contribution < -0.4 is 14.8 Å². The summed E-state index contributed by atoms with van der Waals surface area (Å²) in [6, 6.07) is 22.6. The summed E-state index contributed by atoms with van der Waals surface area (Å²) in [4.78, 5) is 33.8. The van der Waals surface area contributed by atoms with Gasteiger partial charge in [-0.1, -0.05) is 48.5 Å². The van der Waals surface area contributed by atoms with Crippen LogP contribution in [-0.2, 0) is 22.5 Å². The van der Waals surface area contributed by atoms with Gasteiger partial charge in [0, 0.05) is 49.4 Å². The summed E-state index contributed by atoms with van der Waals surface area (Å²) >= 11 is 0. The topological polar surface area (TPSA) is 96.1 Å². The van der Waals surface area contributed by atoms with Crippen LogP contribution in [0.3, 0.4) is 0 Å². The van der Waals surface area contributed by atoms with Crippen LogP contribution in [-0.4, -0.2) is 73.8 Å². The third kappa shape index (κ3) is 7.79. The van der Waals surface area contributed by atoms with Crippen LogP contribution in [0.4, 0.5) is 10.5 Å². The Balaban J connectivity index is 1.54. The lowest BCUT2D eigenvalue weighted by Crippen LogP contribution is -2.46. The van der Waals surface area contributed by atoms with Crippen molar-refractivity contribution in [3.05, 3.63) is 90.1 Å². The summed E-state index contributed by atoms with van der Waals surface area (Å²) in [6.07, 6.45) is 2.64. The molecule has 0 saturated carbocycles. The fourth-order valence-electron chi connectivity index (χ4n) is 4.69. The molecule has 0 aliphatic heterocycles. The fraction of sp³-hybridized carbons (Fsp3) is 0.312. The van der Waals surface area contributed by atoms with Crippen LogP contribution in [0.1, 0.15) is 18.1 Å². The third-order valence-electron chi connectivity index (χ3n) is 6.84.